The van der Waals surface area contributed by atoms with Crippen LogP contribution in [0.2, 0.25) is 0 Å². The van der Waals surface area contributed by atoms with Crippen LogP contribution in [0, 0.1) is 23.2 Å². The second-order valence-electron chi connectivity index (χ2n) is 9.53. The van der Waals surface area contributed by atoms with E-state index in [1.165, 1.54) is 0 Å². The number of nitriles is 1. The molecule has 3 fully saturated rings. The topological polar surface area (TPSA) is 66.1 Å². The highest BCUT2D eigenvalue weighted by Gasteiger charge is 2.54. The zero-order chi connectivity index (χ0) is 23.0. The number of methoxy groups -OCH3 is 1. The summed E-state index contributed by atoms with van der Waals surface area (Å²) < 4.78 is 6.23. The van der Waals surface area contributed by atoms with Crippen LogP contribution in [0.4, 0.5) is 0 Å². The average molecular weight is 441 g/mol. The highest BCUT2D eigenvalue weighted by Crippen LogP contribution is 2.48. The number of aliphatic hydroxyl groups is 1. The van der Waals surface area contributed by atoms with Gasteiger partial charge in [0.2, 0.25) is 0 Å². The Morgan fingerprint density at radius 2 is 2.15 bits per heavy atom. The standard InChI is InChI=1S/C28H30N3O2/c1-3-19-17-31(18-22-7-5-4-6-21(22)16-29)13-11-20(19)14-27(31)28(32)24-10-12-30-26-9-8-23(33-2)15-25(24)26/h3-10,12,15,19-20,27-28,32H,1,11,13-14,17-18H2,2H3/q+1/t19?,20?,27?,28-,31?/m0/s1. The second-order valence-corrected chi connectivity index (χ2v) is 9.53. The number of hydrogen-bond donors (Lipinski definition) is 1. The van der Waals surface area contributed by atoms with Crippen LogP contribution in [-0.4, -0.2) is 40.8 Å². The zero-order valence-corrected chi connectivity index (χ0v) is 19.0. The van der Waals surface area contributed by atoms with E-state index < -0.39 is 6.10 Å². The molecule has 0 saturated carbocycles. The van der Waals surface area contributed by atoms with Gasteiger partial charge in [-0.25, -0.2) is 0 Å². The molecule has 5 nitrogen and oxygen atoms in total. The van der Waals surface area contributed by atoms with Crippen LogP contribution in [0.15, 0.2) is 67.4 Å². The van der Waals surface area contributed by atoms with Crippen molar-refractivity contribution < 1.29 is 14.3 Å². The van der Waals surface area contributed by atoms with Gasteiger partial charge >= 0.3 is 0 Å². The van der Waals surface area contributed by atoms with Crippen LogP contribution in [0.25, 0.3) is 10.9 Å². The van der Waals surface area contributed by atoms with Crippen molar-refractivity contribution in [3.8, 4) is 11.8 Å². The molecule has 4 unspecified atom stereocenters. The molecule has 2 aromatic carbocycles. The van der Waals surface area contributed by atoms with Gasteiger partial charge in [0.25, 0.3) is 0 Å². The van der Waals surface area contributed by atoms with Crippen LogP contribution < -0.4 is 4.74 Å². The van der Waals surface area contributed by atoms with Gasteiger partial charge in [-0.05, 0) is 41.8 Å². The Hall–Kier alpha value is -3.20. The first kappa shape index (κ1) is 21.6. The number of hydrogen-bond acceptors (Lipinski definition) is 4. The molecule has 168 valence electrons. The van der Waals surface area contributed by atoms with Crippen LogP contribution >= 0.6 is 0 Å². The summed E-state index contributed by atoms with van der Waals surface area (Å²) >= 11 is 0. The number of aliphatic hydroxyl groups excluding tert-OH is 1. The van der Waals surface area contributed by atoms with Gasteiger partial charge < -0.3 is 14.3 Å². The summed E-state index contributed by atoms with van der Waals surface area (Å²) in [7, 11) is 1.65. The number of nitrogens with zero attached hydrogens (tertiary/aromatic N) is 3. The molecule has 0 aliphatic carbocycles. The van der Waals surface area contributed by atoms with E-state index in [2.05, 4.69) is 29.8 Å². The third-order valence-corrected chi connectivity index (χ3v) is 7.96. The number of aromatic nitrogens is 1. The predicted octanol–water partition coefficient (Wildman–Crippen LogP) is 4.76. The van der Waals surface area contributed by atoms with Crippen molar-refractivity contribution in [2.75, 3.05) is 20.2 Å². The molecule has 3 aromatic rings. The van der Waals surface area contributed by atoms with Crippen LogP contribution in [0.1, 0.15) is 35.6 Å². The smallest absolute Gasteiger partial charge is 0.131 e. The maximum atomic E-state index is 11.9. The van der Waals surface area contributed by atoms with Gasteiger partial charge in [0, 0.05) is 35.9 Å². The molecule has 5 atom stereocenters. The maximum absolute atomic E-state index is 11.9. The van der Waals surface area contributed by atoms with E-state index in [0.29, 0.717) is 11.8 Å². The molecule has 2 bridgehead atoms. The van der Waals surface area contributed by atoms with Gasteiger partial charge in [-0.3, -0.25) is 4.98 Å². The van der Waals surface area contributed by atoms with E-state index in [4.69, 9.17) is 4.74 Å². The molecule has 4 heterocycles. The minimum absolute atomic E-state index is 0.0449. The van der Waals surface area contributed by atoms with Crippen molar-refractivity contribution in [1.29, 1.82) is 5.26 Å². The van der Waals surface area contributed by atoms with E-state index in [1.807, 2.05) is 42.5 Å². The number of benzene rings is 2. The van der Waals surface area contributed by atoms with Gasteiger partial charge in [0.05, 0.1) is 37.3 Å². The summed E-state index contributed by atoms with van der Waals surface area (Å²) in [5, 5.41) is 22.5. The lowest BCUT2D eigenvalue weighted by atomic mass is 9.71. The van der Waals surface area contributed by atoms with Gasteiger partial charge in [0.1, 0.15) is 24.4 Å². The number of ether oxygens (including phenoxy) is 1. The lowest BCUT2D eigenvalue weighted by Crippen LogP contribution is -2.67. The van der Waals surface area contributed by atoms with Crippen molar-refractivity contribution >= 4 is 10.9 Å². The quantitative estimate of drug-likeness (QED) is 0.443. The third-order valence-electron chi connectivity index (χ3n) is 7.96. The summed E-state index contributed by atoms with van der Waals surface area (Å²) in [6.07, 6.45) is 5.32. The normalized spacial score (nSPS) is 27.1. The minimum Gasteiger partial charge on any atom is -0.497 e. The largest absolute Gasteiger partial charge is 0.497 e. The molecule has 6 rings (SSSR count). The molecule has 3 aliphatic rings. The van der Waals surface area contributed by atoms with E-state index in [-0.39, 0.29) is 6.04 Å². The van der Waals surface area contributed by atoms with Crippen molar-refractivity contribution in [3.05, 3.63) is 84.1 Å². The number of piperidine rings is 3. The predicted molar refractivity (Wildman–Crippen MR) is 128 cm³/mol. The molecule has 0 amide bonds. The zero-order valence-electron chi connectivity index (χ0n) is 19.0. The monoisotopic (exact) mass is 440 g/mol. The molecule has 3 saturated heterocycles. The van der Waals surface area contributed by atoms with Gasteiger partial charge in [-0.2, -0.15) is 5.26 Å². The molecule has 5 heteroatoms. The Morgan fingerprint density at radius 1 is 1.30 bits per heavy atom. The fourth-order valence-electron chi connectivity index (χ4n) is 6.23. The molecule has 0 radical (unpaired) electrons. The van der Waals surface area contributed by atoms with Gasteiger partial charge in [-0.1, -0.05) is 24.3 Å². The average Bonchev–Trinajstić information content (AvgIpc) is 2.87. The molecular weight excluding hydrogens is 410 g/mol. The Morgan fingerprint density at radius 3 is 2.94 bits per heavy atom. The highest BCUT2D eigenvalue weighted by molar-refractivity contribution is 5.83. The van der Waals surface area contributed by atoms with Crippen molar-refractivity contribution in [1.82, 2.24) is 4.98 Å². The van der Waals surface area contributed by atoms with E-state index in [1.54, 1.807) is 13.3 Å². The van der Waals surface area contributed by atoms with Crippen molar-refractivity contribution in [2.24, 2.45) is 11.8 Å². The molecule has 1 aromatic heterocycles. The van der Waals surface area contributed by atoms with Gasteiger partial charge in [-0.15, -0.1) is 6.58 Å². The molecule has 0 spiro atoms. The Bertz CT molecular complexity index is 1230. The second kappa shape index (κ2) is 8.62. The van der Waals surface area contributed by atoms with Crippen molar-refractivity contribution in [2.45, 2.75) is 31.5 Å². The van der Waals surface area contributed by atoms with E-state index >= 15 is 0 Å². The first-order chi connectivity index (χ1) is 16.1. The third kappa shape index (κ3) is 3.70. The fourth-order valence-corrected chi connectivity index (χ4v) is 6.23. The summed E-state index contributed by atoms with van der Waals surface area (Å²) in [6, 6.07) is 18.0. The summed E-state index contributed by atoms with van der Waals surface area (Å²) in [4.78, 5) is 4.50. The summed E-state index contributed by atoms with van der Waals surface area (Å²) in [5.74, 6) is 1.73. The Kier molecular flexibility index (Phi) is 5.65. The van der Waals surface area contributed by atoms with Crippen LogP contribution in [0.3, 0.4) is 0 Å². The number of rotatable bonds is 6. The minimum atomic E-state index is -0.634. The Labute approximate surface area is 195 Å². The first-order valence-electron chi connectivity index (χ1n) is 11.7. The van der Waals surface area contributed by atoms with Crippen LogP contribution in [-0.2, 0) is 6.54 Å². The lowest BCUT2D eigenvalue weighted by molar-refractivity contribution is -0.985. The SMILES string of the molecule is C=CC1C[N+]2(Cc3ccccc3C#N)CCC1CC2[C@@H](O)c1ccnc2ccc(OC)cc12. The van der Waals surface area contributed by atoms with E-state index in [0.717, 1.165) is 70.3 Å². The number of pyridine rings is 1. The number of quaternary nitrogens is 1. The Balaban J connectivity index is 1.58. The first-order valence-corrected chi connectivity index (χ1v) is 11.7. The van der Waals surface area contributed by atoms with Gasteiger partial charge in [0.15, 0.2) is 0 Å². The van der Waals surface area contributed by atoms with E-state index in [9.17, 15) is 10.4 Å². The van der Waals surface area contributed by atoms with Crippen molar-refractivity contribution in [3.63, 3.8) is 0 Å². The summed E-state index contributed by atoms with van der Waals surface area (Å²) in [6.45, 7) is 6.81. The number of fused-ring (bicyclic) bond motifs is 4. The lowest BCUT2D eigenvalue weighted by Gasteiger charge is -2.58. The molecule has 3 aliphatic heterocycles. The highest BCUT2D eigenvalue weighted by atomic mass is 16.5. The fraction of sp³-hybridized carbons (Fsp3) is 0.357. The molecule has 1 N–H and O–H groups in total. The molecular formula is C28H30N3O2+. The maximum Gasteiger partial charge on any atom is 0.131 e. The molecule has 33 heavy (non-hydrogen) atoms. The summed E-state index contributed by atoms with van der Waals surface area (Å²) in [5.41, 5.74) is 3.54. The van der Waals surface area contributed by atoms with Crippen LogP contribution in [0.5, 0.6) is 5.75 Å².